The van der Waals surface area contributed by atoms with Crippen LogP contribution in [0, 0.1) is 0 Å². The standard InChI is InChI=1S/C14H20ClNS/c1-17-12-7-5-6-11(15)13(12)14(10-16)8-3-2-4-9-14/h5-7H,2-4,8-10,16H2,1H3. The van der Waals surface area contributed by atoms with Crippen molar-refractivity contribution in [2.75, 3.05) is 12.8 Å². The van der Waals surface area contributed by atoms with Crippen molar-refractivity contribution in [3.8, 4) is 0 Å². The Morgan fingerprint density at radius 3 is 2.59 bits per heavy atom. The summed E-state index contributed by atoms with van der Waals surface area (Å²) in [5.74, 6) is 0. The molecule has 0 aliphatic heterocycles. The van der Waals surface area contributed by atoms with E-state index in [0.29, 0.717) is 6.54 Å². The Morgan fingerprint density at radius 2 is 2.00 bits per heavy atom. The van der Waals surface area contributed by atoms with Crippen molar-refractivity contribution in [1.82, 2.24) is 0 Å². The second kappa shape index (κ2) is 5.64. The molecule has 1 aromatic rings. The predicted octanol–water partition coefficient (Wildman–Crippen LogP) is 4.22. The third-order valence-corrected chi connectivity index (χ3v) is 5.02. The summed E-state index contributed by atoms with van der Waals surface area (Å²) in [5, 5.41) is 0.893. The normalized spacial score (nSPS) is 19.2. The van der Waals surface area contributed by atoms with E-state index in [0.717, 1.165) is 5.02 Å². The van der Waals surface area contributed by atoms with Crippen molar-refractivity contribution < 1.29 is 0 Å². The summed E-state index contributed by atoms with van der Waals surface area (Å²) in [6.07, 6.45) is 8.36. The van der Waals surface area contributed by atoms with Crippen LogP contribution in [0.25, 0.3) is 0 Å². The molecule has 0 radical (unpaired) electrons. The van der Waals surface area contributed by atoms with E-state index >= 15 is 0 Å². The summed E-state index contributed by atoms with van der Waals surface area (Å²) >= 11 is 8.22. The van der Waals surface area contributed by atoms with Crippen LogP contribution in [0.15, 0.2) is 23.1 Å². The molecule has 1 fully saturated rings. The number of thioether (sulfide) groups is 1. The zero-order chi connectivity index (χ0) is 12.3. The number of hydrogen-bond acceptors (Lipinski definition) is 2. The predicted molar refractivity (Wildman–Crippen MR) is 77.1 cm³/mol. The molecular formula is C14H20ClNS. The topological polar surface area (TPSA) is 26.0 Å². The molecule has 1 aliphatic rings. The van der Waals surface area contributed by atoms with Gasteiger partial charge in [0.1, 0.15) is 0 Å². The summed E-state index contributed by atoms with van der Waals surface area (Å²) in [6, 6.07) is 6.20. The van der Waals surface area contributed by atoms with Crippen molar-refractivity contribution in [3.63, 3.8) is 0 Å². The molecule has 2 N–H and O–H groups in total. The maximum absolute atomic E-state index is 6.44. The van der Waals surface area contributed by atoms with Crippen LogP contribution in [0.2, 0.25) is 5.02 Å². The number of nitrogens with two attached hydrogens (primary N) is 1. The van der Waals surface area contributed by atoms with Gasteiger partial charge in [0.25, 0.3) is 0 Å². The van der Waals surface area contributed by atoms with Gasteiger partial charge in [-0.15, -0.1) is 11.8 Å². The monoisotopic (exact) mass is 269 g/mol. The van der Waals surface area contributed by atoms with Crippen LogP contribution in [0.1, 0.15) is 37.7 Å². The van der Waals surface area contributed by atoms with Gasteiger partial charge in [-0.2, -0.15) is 0 Å². The molecule has 94 valence electrons. The van der Waals surface area contributed by atoms with E-state index < -0.39 is 0 Å². The fraction of sp³-hybridized carbons (Fsp3) is 0.571. The lowest BCUT2D eigenvalue weighted by Crippen LogP contribution is -2.37. The molecule has 1 nitrogen and oxygen atoms in total. The van der Waals surface area contributed by atoms with Gasteiger partial charge >= 0.3 is 0 Å². The average Bonchev–Trinajstić information content (AvgIpc) is 2.39. The maximum Gasteiger partial charge on any atom is 0.0455 e. The Morgan fingerprint density at radius 1 is 1.29 bits per heavy atom. The lowest BCUT2D eigenvalue weighted by atomic mass is 9.69. The van der Waals surface area contributed by atoms with Gasteiger partial charge in [0.2, 0.25) is 0 Å². The molecule has 17 heavy (non-hydrogen) atoms. The van der Waals surface area contributed by atoms with Crippen LogP contribution in [0.3, 0.4) is 0 Å². The minimum atomic E-state index is 0.120. The Hall–Kier alpha value is -0.180. The van der Waals surface area contributed by atoms with E-state index in [9.17, 15) is 0 Å². The van der Waals surface area contributed by atoms with E-state index in [1.165, 1.54) is 42.6 Å². The largest absolute Gasteiger partial charge is 0.330 e. The third-order valence-electron chi connectivity index (χ3n) is 3.93. The smallest absolute Gasteiger partial charge is 0.0455 e. The molecule has 0 atom stereocenters. The average molecular weight is 270 g/mol. The summed E-state index contributed by atoms with van der Waals surface area (Å²) in [7, 11) is 0. The molecule has 0 heterocycles. The first-order valence-corrected chi connectivity index (χ1v) is 7.87. The second-order valence-electron chi connectivity index (χ2n) is 4.86. The van der Waals surface area contributed by atoms with Crippen molar-refractivity contribution in [3.05, 3.63) is 28.8 Å². The van der Waals surface area contributed by atoms with Crippen molar-refractivity contribution in [2.45, 2.75) is 42.4 Å². The molecule has 1 saturated carbocycles. The molecular weight excluding hydrogens is 250 g/mol. The van der Waals surface area contributed by atoms with Crippen LogP contribution >= 0.6 is 23.4 Å². The summed E-state index contributed by atoms with van der Waals surface area (Å²) < 4.78 is 0. The third kappa shape index (κ3) is 2.49. The summed E-state index contributed by atoms with van der Waals surface area (Å²) in [5.41, 5.74) is 7.52. The molecule has 0 bridgehead atoms. The Labute approximate surface area is 113 Å². The van der Waals surface area contributed by atoms with Gasteiger partial charge in [-0.05, 0) is 36.8 Å². The van der Waals surface area contributed by atoms with Crippen LogP contribution in [-0.2, 0) is 5.41 Å². The van der Waals surface area contributed by atoms with Crippen LogP contribution in [-0.4, -0.2) is 12.8 Å². The van der Waals surface area contributed by atoms with E-state index in [1.54, 1.807) is 11.8 Å². The van der Waals surface area contributed by atoms with Gasteiger partial charge in [-0.1, -0.05) is 36.9 Å². The molecule has 1 aliphatic carbocycles. The minimum absolute atomic E-state index is 0.120. The first-order chi connectivity index (χ1) is 8.23. The highest BCUT2D eigenvalue weighted by molar-refractivity contribution is 7.98. The van der Waals surface area contributed by atoms with Gasteiger partial charge in [0, 0.05) is 21.9 Å². The van der Waals surface area contributed by atoms with Gasteiger partial charge in [-0.25, -0.2) is 0 Å². The molecule has 1 aromatic carbocycles. The minimum Gasteiger partial charge on any atom is -0.330 e. The highest BCUT2D eigenvalue weighted by atomic mass is 35.5. The SMILES string of the molecule is CSc1cccc(Cl)c1C1(CN)CCCCC1. The van der Waals surface area contributed by atoms with Crippen molar-refractivity contribution in [2.24, 2.45) is 5.73 Å². The highest BCUT2D eigenvalue weighted by Gasteiger charge is 2.35. The summed E-state index contributed by atoms with van der Waals surface area (Å²) in [4.78, 5) is 1.30. The Balaban J connectivity index is 2.49. The number of rotatable bonds is 3. The molecule has 0 aromatic heterocycles. The molecule has 3 heteroatoms. The van der Waals surface area contributed by atoms with Crippen molar-refractivity contribution in [1.29, 1.82) is 0 Å². The Bertz CT molecular complexity index is 386. The maximum atomic E-state index is 6.44. The van der Waals surface area contributed by atoms with Crippen LogP contribution in [0.4, 0.5) is 0 Å². The Kier molecular flexibility index (Phi) is 4.40. The zero-order valence-corrected chi connectivity index (χ0v) is 11.9. The molecule has 0 unspecified atom stereocenters. The van der Waals surface area contributed by atoms with E-state index in [4.69, 9.17) is 17.3 Å². The molecule has 0 amide bonds. The van der Waals surface area contributed by atoms with Crippen LogP contribution < -0.4 is 5.73 Å². The lowest BCUT2D eigenvalue weighted by molar-refractivity contribution is 0.297. The first kappa shape index (κ1) is 13.3. The quantitative estimate of drug-likeness (QED) is 0.832. The van der Waals surface area contributed by atoms with Gasteiger partial charge < -0.3 is 5.73 Å². The first-order valence-electron chi connectivity index (χ1n) is 6.26. The van der Waals surface area contributed by atoms with Gasteiger partial charge in [0.15, 0.2) is 0 Å². The second-order valence-corrected chi connectivity index (χ2v) is 6.12. The lowest BCUT2D eigenvalue weighted by Gasteiger charge is -2.38. The fourth-order valence-corrected chi connectivity index (χ4v) is 4.15. The van der Waals surface area contributed by atoms with Gasteiger partial charge in [0.05, 0.1) is 0 Å². The number of benzene rings is 1. The molecule has 2 rings (SSSR count). The highest BCUT2D eigenvalue weighted by Crippen LogP contribution is 2.45. The number of halogens is 1. The van der Waals surface area contributed by atoms with E-state index in [-0.39, 0.29) is 5.41 Å². The van der Waals surface area contributed by atoms with Crippen LogP contribution in [0.5, 0.6) is 0 Å². The van der Waals surface area contributed by atoms with E-state index in [1.807, 2.05) is 12.1 Å². The molecule has 0 saturated heterocycles. The van der Waals surface area contributed by atoms with Crippen molar-refractivity contribution >= 4 is 23.4 Å². The summed E-state index contributed by atoms with van der Waals surface area (Å²) in [6.45, 7) is 0.713. The van der Waals surface area contributed by atoms with Gasteiger partial charge in [-0.3, -0.25) is 0 Å². The number of hydrogen-bond donors (Lipinski definition) is 1. The fourth-order valence-electron chi connectivity index (χ4n) is 2.97. The van der Waals surface area contributed by atoms with E-state index in [2.05, 4.69) is 12.3 Å². The molecule has 0 spiro atoms. The zero-order valence-electron chi connectivity index (χ0n) is 10.3.